The predicted molar refractivity (Wildman–Crippen MR) is 369 cm³/mol. The van der Waals surface area contributed by atoms with Crippen molar-refractivity contribution in [2.45, 2.75) is 60.1 Å². The van der Waals surface area contributed by atoms with Gasteiger partial charge in [-0.1, -0.05) is 146 Å². The van der Waals surface area contributed by atoms with E-state index >= 15 is 13.2 Å². The van der Waals surface area contributed by atoms with Gasteiger partial charge in [0.25, 0.3) is 0 Å². The molecule has 96 heavy (non-hydrogen) atoms. The molecule has 0 aliphatic carbocycles. The monoisotopic (exact) mass is 1280 g/mol. The van der Waals surface area contributed by atoms with Crippen LogP contribution in [-0.4, -0.2) is 18.3 Å². The number of aryl methyl sites for hydroxylation is 6. The highest BCUT2D eigenvalue weighted by Crippen LogP contribution is 2.50. The van der Waals surface area contributed by atoms with Crippen LogP contribution in [-0.2, 0) is 18.5 Å². The van der Waals surface area contributed by atoms with Gasteiger partial charge < -0.3 is 18.3 Å². The lowest BCUT2D eigenvalue weighted by atomic mass is 9.90. The van der Waals surface area contributed by atoms with E-state index in [-0.39, 0.29) is 27.9 Å². The van der Waals surface area contributed by atoms with Crippen LogP contribution in [0.2, 0.25) is 0 Å². The molecule has 0 radical (unpaired) electrons. The van der Waals surface area contributed by atoms with Gasteiger partial charge in [0.2, 0.25) is 0 Å². The number of hydrogen-bond donors (Lipinski definition) is 0. The molecular formula is C82H56F9N5. The van der Waals surface area contributed by atoms with E-state index in [1.807, 2.05) is 158 Å². The summed E-state index contributed by atoms with van der Waals surface area (Å²) in [5.41, 5.74) is 9.29. The predicted octanol–water partition coefficient (Wildman–Crippen LogP) is 23.9. The number of para-hydroxylation sites is 4. The fourth-order valence-electron chi connectivity index (χ4n) is 14.5. The average Bonchev–Trinajstić information content (AvgIpc) is 1.50. The Balaban J connectivity index is 0.000000158. The van der Waals surface area contributed by atoms with Gasteiger partial charge in [-0.2, -0.15) is 44.8 Å². The smallest absolute Gasteiger partial charge is 0.307 e. The molecule has 0 saturated carbocycles. The van der Waals surface area contributed by atoms with Gasteiger partial charge in [-0.3, -0.25) is 0 Å². The number of hydrogen-bond acceptors (Lipinski definition) is 1. The topological polar surface area (TPSA) is 43.5 Å². The third kappa shape index (κ3) is 9.85. The molecule has 472 valence electrons. The third-order valence-electron chi connectivity index (χ3n) is 18.6. The zero-order valence-electron chi connectivity index (χ0n) is 52.6. The van der Waals surface area contributed by atoms with E-state index in [9.17, 15) is 31.6 Å². The first-order valence-electron chi connectivity index (χ1n) is 31.2. The number of nitriles is 1. The molecule has 0 N–H and O–H groups in total. The number of alkyl halides is 9. The Hall–Kier alpha value is -11.3. The Morgan fingerprint density at radius 2 is 0.552 bits per heavy atom. The average molecular weight is 1280 g/mol. The van der Waals surface area contributed by atoms with Crippen LogP contribution in [0.15, 0.2) is 231 Å². The second-order valence-electron chi connectivity index (χ2n) is 24.9. The first kappa shape index (κ1) is 60.9. The van der Waals surface area contributed by atoms with Crippen LogP contribution in [0, 0.1) is 52.9 Å². The van der Waals surface area contributed by atoms with E-state index in [0.717, 1.165) is 111 Å². The van der Waals surface area contributed by atoms with Gasteiger partial charge in [0.1, 0.15) is 0 Å². The van der Waals surface area contributed by atoms with Gasteiger partial charge in [-0.05, 0) is 177 Å². The summed E-state index contributed by atoms with van der Waals surface area (Å²) in [5.74, 6) is 0. The number of aromatic nitrogens is 4. The van der Waals surface area contributed by atoms with Crippen molar-refractivity contribution in [1.29, 1.82) is 5.26 Å². The third-order valence-corrected chi connectivity index (χ3v) is 18.6. The second kappa shape index (κ2) is 22.4. The van der Waals surface area contributed by atoms with E-state index in [1.165, 1.54) is 31.2 Å². The van der Waals surface area contributed by atoms with Gasteiger partial charge in [0.05, 0.1) is 95.2 Å². The lowest BCUT2D eigenvalue weighted by molar-refractivity contribution is -0.139. The Morgan fingerprint density at radius 3 is 0.875 bits per heavy atom. The van der Waals surface area contributed by atoms with Gasteiger partial charge in [-0.15, -0.1) is 0 Å². The molecule has 0 fully saturated rings. The Kier molecular flexibility index (Phi) is 14.2. The van der Waals surface area contributed by atoms with Crippen LogP contribution in [0.1, 0.15) is 55.6 Å². The van der Waals surface area contributed by atoms with Crippen LogP contribution in [0.3, 0.4) is 0 Å². The van der Waals surface area contributed by atoms with Gasteiger partial charge in [-0.25, -0.2) is 0 Å². The van der Waals surface area contributed by atoms with Crippen molar-refractivity contribution in [3.05, 3.63) is 286 Å². The fraction of sp³-hybridized carbons (Fsp3) is 0.110. The van der Waals surface area contributed by atoms with E-state index in [0.29, 0.717) is 39.2 Å². The molecule has 4 aromatic heterocycles. The molecule has 14 heteroatoms. The molecule has 12 aromatic carbocycles. The summed E-state index contributed by atoms with van der Waals surface area (Å²) in [6.45, 7) is 11.0. The highest BCUT2D eigenvalue weighted by atomic mass is 19.4. The Morgan fingerprint density at radius 1 is 0.271 bits per heavy atom. The van der Waals surface area contributed by atoms with Crippen molar-refractivity contribution >= 4 is 87.2 Å². The Labute approximate surface area is 544 Å². The lowest BCUT2D eigenvalue weighted by Crippen LogP contribution is -2.15. The summed E-state index contributed by atoms with van der Waals surface area (Å²) < 4.78 is 141. The molecule has 0 saturated heterocycles. The zero-order valence-corrected chi connectivity index (χ0v) is 52.6. The van der Waals surface area contributed by atoms with Crippen molar-refractivity contribution < 1.29 is 39.5 Å². The summed E-state index contributed by atoms with van der Waals surface area (Å²) in [5, 5.41) is 18.2. The minimum Gasteiger partial charge on any atom is -0.307 e. The van der Waals surface area contributed by atoms with Crippen LogP contribution in [0.25, 0.3) is 132 Å². The number of benzene rings is 12. The maximum Gasteiger partial charge on any atom is 0.417 e. The first-order chi connectivity index (χ1) is 46.0. The summed E-state index contributed by atoms with van der Waals surface area (Å²) in [6, 6.07) is 71.4. The highest BCUT2D eigenvalue weighted by Gasteiger charge is 2.41. The van der Waals surface area contributed by atoms with Gasteiger partial charge in [0, 0.05) is 48.7 Å². The second-order valence-corrected chi connectivity index (χ2v) is 24.9. The summed E-state index contributed by atoms with van der Waals surface area (Å²) in [4.78, 5) is 0. The van der Waals surface area contributed by atoms with Crippen LogP contribution < -0.4 is 0 Å². The van der Waals surface area contributed by atoms with E-state index in [2.05, 4.69) is 63.7 Å². The van der Waals surface area contributed by atoms with E-state index in [4.69, 9.17) is 0 Å². The minimum absolute atomic E-state index is 0.0133. The first-order valence-corrected chi connectivity index (χ1v) is 31.2. The van der Waals surface area contributed by atoms with Crippen molar-refractivity contribution in [2.75, 3.05) is 0 Å². The molecule has 0 atom stereocenters. The van der Waals surface area contributed by atoms with E-state index < -0.39 is 46.3 Å². The van der Waals surface area contributed by atoms with E-state index in [1.54, 1.807) is 25.1 Å². The number of fused-ring (bicyclic) bond motifs is 12. The van der Waals surface area contributed by atoms with Gasteiger partial charge >= 0.3 is 18.5 Å². The standard InChI is InChI=1S/C41H28F6N2.C41H28F3N3/c1-23-15-17-28-26-10-4-6-13-33(26)48(35(28)19-23)37-21-30(39-25(3)9-8-12-31(39)40(42,43)44)32(41(45,46)47)22-38(37)49-34-14-7-5-11-27(34)29-18-16-24(2)20-36(29)49;1-24-15-17-30-28-10-4-6-13-34(28)46(36(30)19-24)38-21-27(23-45)32(40-26(3)9-8-12-33(40)41(42,43)44)22-39(38)47-35-14-7-5-11-29(35)31-18-16-25(2)20-37(31)47/h4-22H,1-3H3;4-22H,1-3H3. The molecule has 0 unspecified atom stereocenters. The molecule has 0 aliphatic heterocycles. The molecule has 0 spiro atoms. The van der Waals surface area contributed by atoms with Crippen molar-refractivity contribution in [1.82, 2.24) is 18.3 Å². The largest absolute Gasteiger partial charge is 0.417 e. The molecular weight excluding hydrogens is 1230 g/mol. The maximum atomic E-state index is 15.3. The fourth-order valence-corrected chi connectivity index (χ4v) is 14.5. The maximum absolute atomic E-state index is 15.3. The highest BCUT2D eigenvalue weighted by molar-refractivity contribution is 6.14. The summed E-state index contributed by atoms with van der Waals surface area (Å²) >= 11 is 0. The minimum atomic E-state index is -4.99. The molecule has 16 aromatic rings. The summed E-state index contributed by atoms with van der Waals surface area (Å²) in [6.07, 6.45) is -14.5. The van der Waals surface area contributed by atoms with Crippen molar-refractivity contribution in [3.8, 4) is 51.1 Å². The number of rotatable bonds is 6. The molecule has 5 nitrogen and oxygen atoms in total. The number of nitrogens with zero attached hydrogens (tertiary/aromatic N) is 5. The lowest BCUT2D eigenvalue weighted by Gasteiger charge is -2.24. The Bertz CT molecular complexity index is 5960. The molecule has 16 rings (SSSR count). The van der Waals surface area contributed by atoms with Crippen LogP contribution in [0.5, 0.6) is 0 Å². The molecule has 0 aliphatic rings. The van der Waals surface area contributed by atoms with Gasteiger partial charge in [0.15, 0.2) is 0 Å². The zero-order chi connectivity index (χ0) is 67.0. The van der Waals surface area contributed by atoms with Crippen molar-refractivity contribution in [2.24, 2.45) is 0 Å². The summed E-state index contributed by atoms with van der Waals surface area (Å²) in [7, 11) is 0. The van der Waals surface area contributed by atoms with Crippen LogP contribution >= 0.6 is 0 Å². The van der Waals surface area contributed by atoms with Crippen LogP contribution in [0.4, 0.5) is 39.5 Å². The molecule has 4 heterocycles. The number of halogens is 9. The molecule has 0 amide bonds. The van der Waals surface area contributed by atoms with Crippen molar-refractivity contribution in [3.63, 3.8) is 0 Å². The normalized spacial score (nSPS) is 12.3. The quantitative estimate of drug-likeness (QED) is 0.153. The molecule has 0 bridgehead atoms. The SMILES string of the molecule is Cc1ccc2c3ccccc3n(-c3cc(-c4c(C)cccc4C(F)(F)F)c(C(F)(F)F)cc3-n3c4ccccc4c4ccc(C)cc43)c2c1.Cc1ccc2c3ccccc3n(-c3cc(C#N)c(-c4c(C)cccc4C(F)(F)F)cc3-n3c4ccccc4c4ccc(C)cc43)c2c1.